The molecule has 0 saturated heterocycles. The number of nitrogens with zero attached hydrogens (tertiary/aromatic N) is 4. The maximum Gasteiger partial charge on any atom is 0.351 e. The summed E-state index contributed by atoms with van der Waals surface area (Å²) in [6.45, 7) is 4.61. The maximum atomic E-state index is 13.0. The largest absolute Gasteiger partial charge is 0.381 e. The molecule has 3 aromatic rings. The van der Waals surface area contributed by atoms with Crippen molar-refractivity contribution in [2.45, 2.75) is 26.8 Å². The van der Waals surface area contributed by atoms with E-state index in [1.54, 1.807) is 4.40 Å². The number of anilines is 1. The summed E-state index contributed by atoms with van der Waals surface area (Å²) in [4.78, 5) is 17.4. The van der Waals surface area contributed by atoms with E-state index in [0.717, 1.165) is 28.3 Å². The molecule has 24 heavy (non-hydrogen) atoms. The highest BCUT2D eigenvalue weighted by molar-refractivity contribution is 5.61. The van der Waals surface area contributed by atoms with Crippen LogP contribution in [0, 0.1) is 5.92 Å². The molecule has 0 aliphatic heterocycles. The monoisotopic (exact) mass is 321 g/mol. The first-order valence-corrected chi connectivity index (χ1v) is 8.06. The smallest absolute Gasteiger partial charge is 0.351 e. The van der Waals surface area contributed by atoms with Gasteiger partial charge in [-0.1, -0.05) is 43.3 Å². The molecule has 1 aliphatic rings. The molecule has 6 heteroatoms. The quantitative estimate of drug-likeness (QED) is 0.746. The van der Waals surface area contributed by atoms with E-state index in [-0.39, 0.29) is 11.5 Å². The van der Waals surface area contributed by atoms with Crippen molar-refractivity contribution in [1.29, 1.82) is 0 Å². The van der Waals surface area contributed by atoms with E-state index in [2.05, 4.69) is 23.9 Å². The molecule has 2 heterocycles. The van der Waals surface area contributed by atoms with Crippen LogP contribution in [0.5, 0.6) is 0 Å². The third kappa shape index (κ3) is 2.14. The lowest BCUT2D eigenvalue weighted by molar-refractivity contribution is 0.655. The van der Waals surface area contributed by atoms with Crippen LogP contribution in [0.15, 0.2) is 35.1 Å². The van der Waals surface area contributed by atoms with Crippen molar-refractivity contribution >= 4 is 23.1 Å². The van der Waals surface area contributed by atoms with E-state index in [0.29, 0.717) is 18.1 Å². The van der Waals surface area contributed by atoms with Crippen molar-refractivity contribution in [3.63, 3.8) is 0 Å². The number of aromatic nitrogens is 4. The van der Waals surface area contributed by atoms with Crippen LogP contribution in [0.1, 0.15) is 25.8 Å². The summed E-state index contributed by atoms with van der Waals surface area (Å²) < 4.78 is 3.07. The van der Waals surface area contributed by atoms with Crippen molar-refractivity contribution in [3.05, 3.63) is 57.1 Å². The zero-order valence-corrected chi connectivity index (χ0v) is 13.7. The van der Waals surface area contributed by atoms with Crippen LogP contribution in [0.4, 0.5) is 5.82 Å². The summed E-state index contributed by atoms with van der Waals surface area (Å²) in [5.74, 6) is 0.659. The molecule has 2 aromatic heterocycles. The fraction of sp³-hybridized carbons (Fsp3) is 0.278. The van der Waals surface area contributed by atoms with Gasteiger partial charge in [0.25, 0.3) is 0 Å². The molecule has 0 fully saturated rings. The minimum absolute atomic E-state index is 0.180. The Kier molecular flexibility index (Phi) is 3.26. The molecule has 0 spiro atoms. The number of benzene rings is 1. The Morgan fingerprint density at radius 2 is 2.04 bits per heavy atom. The fourth-order valence-electron chi connectivity index (χ4n) is 3.20. The molecule has 2 N–H and O–H groups in total. The summed E-state index contributed by atoms with van der Waals surface area (Å²) in [5.41, 5.74) is 8.47. The van der Waals surface area contributed by atoms with E-state index in [9.17, 15) is 4.79 Å². The van der Waals surface area contributed by atoms with Gasteiger partial charge in [-0.2, -0.15) is 0 Å². The summed E-state index contributed by atoms with van der Waals surface area (Å²) in [5, 5.41) is 6.04. The molecule has 0 amide bonds. The van der Waals surface area contributed by atoms with E-state index in [1.165, 1.54) is 4.68 Å². The maximum absolute atomic E-state index is 13.0. The fourth-order valence-corrected chi connectivity index (χ4v) is 3.20. The third-order valence-corrected chi connectivity index (χ3v) is 4.73. The average Bonchev–Trinajstić information content (AvgIpc) is 2.90. The second-order valence-corrected chi connectivity index (χ2v) is 6.34. The van der Waals surface area contributed by atoms with Gasteiger partial charge in [0.15, 0.2) is 5.82 Å². The van der Waals surface area contributed by atoms with Gasteiger partial charge >= 0.3 is 5.69 Å². The summed E-state index contributed by atoms with van der Waals surface area (Å²) >= 11 is 0. The van der Waals surface area contributed by atoms with Gasteiger partial charge in [-0.15, -0.1) is 5.10 Å². The predicted octanol–water partition coefficient (Wildman–Crippen LogP) is 0.512. The van der Waals surface area contributed by atoms with Gasteiger partial charge in [-0.25, -0.2) is 18.9 Å². The van der Waals surface area contributed by atoms with Crippen molar-refractivity contribution in [2.24, 2.45) is 5.92 Å². The van der Waals surface area contributed by atoms with Crippen LogP contribution in [0.2, 0.25) is 0 Å². The molecule has 0 bridgehead atoms. The molecular formula is C18H19N5O. The zero-order chi connectivity index (χ0) is 16.8. The Morgan fingerprint density at radius 3 is 2.79 bits per heavy atom. The van der Waals surface area contributed by atoms with Crippen LogP contribution in [-0.4, -0.2) is 19.2 Å². The minimum Gasteiger partial charge on any atom is -0.381 e. The Bertz CT molecular complexity index is 1110. The zero-order valence-electron chi connectivity index (χ0n) is 13.7. The summed E-state index contributed by atoms with van der Waals surface area (Å²) in [6, 6.07) is 9.79. The molecule has 4 rings (SSSR count). The van der Waals surface area contributed by atoms with Crippen molar-refractivity contribution in [3.8, 4) is 0 Å². The second-order valence-electron chi connectivity index (χ2n) is 6.34. The first-order valence-electron chi connectivity index (χ1n) is 8.06. The lowest BCUT2D eigenvalue weighted by Gasteiger charge is -2.14. The molecule has 0 radical (unpaired) electrons. The van der Waals surface area contributed by atoms with Crippen LogP contribution < -0.4 is 22.1 Å². The van der Waals surface area contributed by atoms with Crippen LogP contribution >= 0.6 is 0 Å². The van der Waals surface area contributed by atoms with Crippen molar-refractivity contribution in [1.82, 2.24) is 19.2 Å². The molecule has 1 aliphatic carbocycles. The molecule has 1 atom stereocenters. The van der Waals surface area contributed by atoms with Gasteiger partial charge in [-0.05, 0) is 30.4 Å². The van der Waals surface area contributed by atoms with Crippen LogP contribution in [-0.2, 0) is 6.54 Å². The molecule has 1 aromatic carbocycles. The molecule has 0 saturated carbocycles. The summed E-state index contributed by atoms with van der Waals surface area (Å²) in [6.07, 6.45) is 2.95. The Hall–Kier alpha value is -2.89. The van der Waals surface area contributed by atoms with Gasteiger partial charge in [0.2, 0.25) is 5.65 Å². The van der Waals surface area contributed by atoms with Crippen molar-refractivity contribution in [2.75, 3.05) is 5.73 Å². The van der Waals surface area contributed by atoms with Gasteiger partial charge in [0.1, 0.15) is 0 Å². The van der Waals surface area contributed by atoms with Crippen LogP contribution in [0.25, 0.3) is 17.3 Å². The lowest BCUT2D eigenvalue weighted by atomic mass is 9.95. The number of hydrogen-bond donors (Lipinski definition) is 1. The van der Waals surface area contributed by atoms with Crippen molar-refractivity contribution < 1.29 is 0 Å². The molecule has 122 valence electrons. The first kappa shape index (κ1) is 14.7. The van der Waals surface area contributed by atoms with Crippen LogP contribution in [0.3, 0.4) is 0 Å². The predicted molar refractivity (Wildman–Crippen MR) is 93.8 cm³/mol. The third-order valence-electron chi connectivity index (χ3n) is 4.73. The average molecular weight is 321 g/mol. The Labute approximate surface area is 138 Å². The highest BCUT2D eigenvalue weighted by Crippen LogP contribution is 2.16. The van der Waals surface area contributed by atoms with E-state index >= 15 is 0 Å². The van der Waals surface area contributed by atoms with E-state index < -0.39 is 0 Å². The molecule has 6 nitrogen and oxygen atoms in total. The highest BCUT2D eigenvalue weighted by atomic mass is 16.2. The number of nitrogens with two attached hydrogens (primary N) is 1. The first-order chi connectivity index (χ1) is 11.6. The molecule has 1 unspecified atom stereocenters. The van der Waals surface area contributed by atoms with Gasteiger partial charge in [0, 0.05) is 0 Å². The number of nitrogen functional groups attached to an aromatic ring is 1. The van der Waals surface area contributed by atoms with E-state index in [1.807, 2.05) is 36.4 Å². The second kappa shape index (κ2) is 5.33. The van der Waals surface area contributed by atoms with Gasteiger partial charge in [0.05, 0.1) is 17.2 Å². The minimum atomic E-state index is -0.180. The Balaban J connectivity index is 2.04. The SMILES string of the molecule is CC1=c2c(nc(N)c3nn(Cc4ccccc4)c(=O)n23)=CCC1C. The highest BCUT2D eigenvalue weighted by Gasteiger charge is 2.18. The number of rotatable bonds is 2. The topological polar surface area (TPSA) is 78.2 Å². The van der Waals surface area contributed by atoms with Gasteiger partial charge < -0.3 is 5.73 Å². The Morgan fingerprint density at radius 1 is 1.29 bits per heavy atom. The normalized spacial score (nSPS) is 16.9. The molecular weight excluding hydrogens is 302 g/mol. The number of fused-ring (bicyclic) bond motifs is 3. The standard InChI is InChI=1S/C18H19N5O/c1-11-8-9-14-15(12(11)2)23-17(16(19)20-14)21-22(18(23)24)10-13-6-4-3-5-7-13/h3-7,9,11H,8,10H2,1-2H3,(H2,19,20). The summed E-state index contributed by atoms with van der Waals surface area (Å²) in [7, 11) is 0. The van der Waals surface area contributed by atoms with Gasteiger partial charge in [-0.3, -0.25) is 0 Å². The lowest BCUT2D eigenvalue weighted by Crippen LogP contribution is -2.44. The van der Waals surface area contributed by atoms with E-state index in [4.69, 9.17) is 5.73 Å². The number of hydrogen-bond acceptors (Lipinski definition) is 4.